The van der Waals surface area contributed by atoms with Crippen LogP contribution in [0.4, 0.5) is 5.13 Å². The highest BCUT2D eigenvalue weighted by Gasteiger charge is 2.16. The highest BCUT2D eigenvalue weighted by molar-refractivity contribution is 7.15. The van der Waals surface area contributed by atoms with Crippen LogP contribution in [0.15, 0.2) is 18.2 Å². The molecule has 3 rings (SSSR count). The summed E-state index contributed by atoms with van der Waals surface area (Å²) in [5.41, 5.74) is 2.06. The minimum atomic E-state index is -0.196. The number of benzene rings is 1. The van der Waals surface area contributed by atoms with Gasteiger partial charge in [0.2, 0.25) is 0 Å². The number of carbonyl (C=O) groups excluding carboxylic acids is 1. The Morgan fingerprint density at radius 1 is 1.41 bits per heavy atom. The largest absolute Gasteiger partial charge is 0.484 e. The SMILES string of the molecule is Cc1cc(OCC(=O)Nc2nc3c(s2)CCCC3)ccc1Cl. The van der Waals surface area contributed by atoms with Gasteiger partial charge in [0.15, 0.2) is 11.7 Å². The van der Waals surface area contributed by atoms with Gasteiger partial charge >= 0.3 is 0 Å². The Hall–Kier alpha value is -1.59. The quantitative estimate of drug-likeness (QED) is 0.918. The van der Waals surface area contributed by atoms with Crippen molar-refractivity contribution in [1.82, 2.24) is 4.98 Å². The number of rotatable bonds is 4. The number of hydrogen-bond acceptors (Lipinski definition) is 4. The van der Waals surface area contributed by atoms with Gasteiger partial charge in [-0.3, -0.25) is 10.1 Å². The molecule has 6 heteroatoms. The molecule has 0 spiro atoms. The van der Waals surface area contributed by atoms with Crippen LogP contribution < -0.4 is 10.1 Å². The molecule has 1 aliphatic rings. The van der Waals surface area contributed by atoms with Crippen molar-refractivity contribution in [2.24, 2.45) is 0 Å². The fourth-order valence-electron chi connectivity index (χ4n) is 2.42. The topological polar surface area (TPSA) is 51.2 Å². The van der Waals surface area contributed by atoms with E-state index in [0.717, 1.165) is 24.1 Å². The number of fused-ring (bicyclic) bond motifs is 1. The monoisotopic (exact) mass is 336 g/mol. The third kappa shape index (κ3) is 3.59. The van der Waals surface area contributed by atoms with E-state index in [1.54, 1.807) is 23.5 Å². The number of halogens is 1. The number of anilines is 1. The molecule has 116 valence electrons. The molecule has 0 atom stereocenters. The molecule has 1 amide bonds. The minimum Gasteiger partial charge on any atom is -0.484 e. The van der Waals surface area contributed by atoms with Gasteiger partial charge in [0.05, 0.1) is 5.69 Å². The van der Waals surface area contributed by atoms with Crippen molar-refractivity contribution in [2.75, 3.05) is 11.9 Å². The van der Waals surface area contributed by atoms with Crippen molar-refractivity contribution < 1.29 is 9.53 Å². The molecule has 0 saturated carbocycles. The van der Waals surface area contributed by atoms with Gasteiger partial charge in [-0.1, -0.05) is 11.6 Å². The minimum absolute atomic E-state index is 0.0364. The Labute approximate surface area is 138 Å². The molecule has 1 aromatic heterocycles. The summed E-state index contributed by atoms with van der Waals surface area (Å²) < 4.78 is 5.48. The Kier molecular flexibility index (Phi) is 4.64. The number of ether oxygens (including phenoxy) is 1. The molecule has 4 nitrogen and oxygen atoms in total. The number of aryl methyl sites for hydroxylation is 3. The summed E-state index contributed by atoms with van der Waals surface area (Å²) in [5.74, 6) is 0.439. The molecule has 1 N–H and O–H groups in total. The van der Waals surface area contributed by atoms with E-state index in [9.17, 15) is 4.79 Å². The van der Waals surface area contributed by atoms with Gasteiger partial charge in [0.25, 0.3) is 5.91 Å². The predicted octanol–water partition coefficient (Wildman–Crippen LogP) is 4.00. The molecule has 1 heterocycles. The zero-order chi connectivity index (χ0) is 15.5. The average molecular weight is 337 g/mol. The normalized spacial score (nSPS) is 13.5. The van der Waals surface area contributed by atoms with Crippen LogP contribution in [0.3, 0.4) is 0 Å². The molecule has 0 unspecified atom stereocenters. The summed E-state index contributed by atoms with van der Waals surface area (Å²) in [4.78, 5) is 17.7. The summed E-state index contributed by atoms with van der Waals surface area (Å²) >= 11 is 7.53. The standard InChI is InChI=1S/C16H17ClN2O2S/c1-10-8-11(6-7-12(10)17)21-9-15(20)19-16-18-13-4-2-3-5-14(13)22-16/h6-8H,2-5,9H2,1H3,(H,18,19,20). The van der Waals surface area contributed by atoms with E-state index in [1.807, 2.05) is 13.0 Å². The number of nitrogens with one attached hydrogen (secondary N) is 1. The lowest BCUT2D eigenvalue weighted by Crippen LogP contribution is -2.20. The maximum Gasteiger partial charge on any atom is 0.264 e. The third-order valence-corrected chi connectivity index (χ3v) is 5.09. The summed E-state index contributed by atoms with van der Waals surface area (Å²) in [6.45, 7) is 1.86. The first kappa shape index (κ1) is 15.3. The van der Waals surface area contributed by atoms with Crippen molar-refractivity contribution in [2.45, 2.75) is 32.6 Å². The van der Waals surface area contributed by atoms with E-state index in [1.165, 1.54) is 17.7 Å². The number of amides is 1. The third-order valence-electron chi connectivity index (χ3n) is 3.59. The lowest BCUT2D eigenvalue weighted by Gasteiger charge is -2.07. The van der Waals surface area contributed by atoms with E-state index < -0.39 is 0 Å². The Morgan fingerprint density at radius 2 is 2.23 bits per heavy atom. The summed E-state index contributed by atoms with van der Waals surface area (Å²) in [5, 5.41) is 4.17. The first-order valence-electron chi connectivity index (χ1n) is 7.29. The van der Waals surface area contributed by atoms with Crippen molar-refractivity contribution in [3.63, 3.8) is 0 Å². The highest BCUT2D eigenvalue weighted by Crippen LogP contribution is 2.29. The van der Waals surface area contributed by atoms with E-state index in [-0.39, 0.29) is 12.5 Å². The van der Waals surface area contributed by atoms with Crippen molar-refractivity contribution in [3.05, 3.63) is 39.4 Å². The lowest BCUT2D eigenvalue weighted by molar-refractivity contribution is -0.118. The number of hydrogen-bond donors (Lipinski definition) is 1. The van der Waals surface area contributed by atoms with Crippen LogP contribution in [0.1, 0.15) is 29.0 Å². The van der Waals surface area contributed by atoms with E-state index >= 15 is 0 Å². The second-order valence-electron chi connectivity index (χ2n) is 5.34. The van der Waals surface area contributed by atoms with Crippen LogP contribution in [-0.4, -0.2) is 17.5 Å². The molecule has 0 bridgehead atoms. The smallest absolute Gasteiger partial charge is 0.264 e. The van der Waals surface area contributed by atoms with Gasteiger partial charge in [0, 0.05) is 9.90 Å². The van der Waals surface area contributed by atoms with Gasteiger partial charge in [0.1, 0.15) is 5.75 Å². The maximum absolute atomic E-state index is 12.0. The van der Waals surface area contributed by atoms with Crippen LogP contribution in [0, 0.1) is 6.92 Å². The predicted molar refractivity (Wildman–Crippen MR) is 89.1 cm³/mol. The summed E-state index contributed by atoms with van der Waals surface area (Å²) in [6.07, 6.45) is 4.48. The number of carbonyl (C=O) groups is 1. The fraction of sp³-hybridized carbons (Fsp3) is 0.375. The molecule has 0 saturated heterocycles. The molecule has 2 aromatic rings. The molecule has 0 aliphatic heterocycles. The Bertz CT molecular complexity index is 676. The lowest BCUT2D eigenvalue weighted by atomic mass is 10.0. The summed E-state index contributed by atoms with van der Waals surface area (Å²) in [7, 11) is 0. The number of aromatic nitrogens is 1. The highest BCUT2D eigenvalue weighted by atomic mass is 35.5. The first-order chi connectivity index (χ1) is 10.6. The molecule has 1 aromatic carbocycles. The van der Waals surface area contributed by atoms with Crippen molar-refractivity contribution in [3.8, 4) is 5.75 Å². The Morgan fingerprint density at radius 3 is 3.00 bits per heavy atom. The van der Waals surface area contributed by atoms with Gasteiger partial charge in [-0.15, -0.1) is 11.3 Å². The van der Waals surface area contributed by atoms with Crippen LogP contribution in [0.2, 0.25) is 5.02 Å². The van der Waals surface area contributed by atoms with Gasteiger partial charge in [-0.25, -0.2) is 4.98 Å². The van der Waals surface area contributed by atoms with E-state index in [2.05, 4.69) is 10.3 Å². The van der Waals surface area contributed by atoms with Gasteiger partial charge in [-0.2, -0.15) is 0 Å². The van der Waals surface area contributed by atoms with Crippen LogP contribution in [0.5, 0.6) is 5.75 Å². The second kappa shape index (κ2) is 6.67. The second-order valence-corrected chi connectivity index (χ2v) is 6.83. The van der Waals surface area contributed by atoms with Crippen LogP contribution in [0.25, 0.3) is 0 Å². The van der Waals surface area contributed by atoms with E-state index in [0.29, 0.717) is 15.9 Å². The van der Waals surface area contributed by atoms with Gasteiger partial charge < -0.3 is 4.74 Å². The van der Waals surface area contributed by atoms with Crippen molar-refractivity contribution in [1.29, 1.82) is 0 Å². The molecule has 1 aliphatic carbocycles. The zero-order valence-electron chi connectivity index (χ0n) is 12.3. The molecular weight excluding hydrogens is 320 g/mol. The summed E-state index contributed by atoms with van der Waals surface area (Å²) in [6, 6.07) is 5.33. The molecular formula is C16H17ClN2O2S. The molecule has 22 heavy (non-hydrogen) atoms. The first-order valence-corrected chi connectivity index (χ1v) is 8.48. The van der Waals surface area contributed by atoms with Crippen LogP contribution in [-0.2, 0) is 17.6 Å². The molecule has 0 radical (unpaired) electrons. The number of nitrogens with zero attached hydrogens (tertiary/aromatic N) is 1. The zero-order valence-corrected chi connectivity index (χ0v) is 13.9. The fourth-order valence-corrected chi connectivity index (χ4v) is 3.60. The van der Waals surface area contributed by atoms with Gasteiger partial charge in [-0.05, 0) is 56.4 Å². The van der Waals surface area contributed by atoms with E-state index in [4.69, 9.17) is 16.3 Å². The Balaban J connectivity index is 1.56. The molecule has 0 fully saturated rings. The maximum atomic E-state index is 12.0. The van der Waals surface area contributed by atoms with Crippen LogP contribution >= 0.6 is 22.9 Å². The van der Waals surface area contributed by atoms with Crippen molar-refractivity contribution >= 4 is 34.0 Å². The number of thiazole rings is 1. The average Bonchev–Trinajstić information content (AvgIpc) is 2.90.